The largest absolute Gasteiger partial charge is 0.493 e. The number of thioether (sulfide) groups is 1. The lowest BCUT2D eigenvalue weighted by Crippen LogP contribution is -2.27. The quantitative estimate of drug-likeness (QED) is 0.266. The number of ether oxygens (including phenoxy) is 2. The Morgan fingerprint density at radius 2 is 1.81 bits per heavy atom. The van der Waals surface area contributed by atoms with E-state index in [9.17, 15) is 9.18 Å². The highest BCUT2D eigenvalue weighted by Gasteiger charge is 2.33. The number of hydrogen-bond donors (Lipinski definition) is 0. The summed E-state index contributed by atoms with van der Waals surface area (Å²) >= 11 is 10.2. The molecule has 0 bridgehead atoms. The maximum Gasteiger partial charge on any atom is 0.270 e. The van der Waals surface area contributed by atoms with Crippen molar-refractivity contribution in [2.75, 3.05) is 12.0 Å². The number of anilines is 1. The van der Waals surface area contributed by atoms with Crippen molar-refractivity contribution in [2.45, 2.75) is 6.61 Å². The van der Waals surface area contributed by atoms with Crippen LogP contribution in [0.4, 0.5) is 10.1 Å². The van der Waals surface area contributed by atoms with Crippen LogP contribution in [0.2, 0.25) is 0 Å². The predicted octanol–water partition coefficient (Wildman–Crippen LogP) is 6.58. The first-order valence-corrected chi connectivity index (χ1v) is 11.6. The molecular formula is C24H17BrFNO3S2. The zero-order chi connectivity index (χ0) is 22.7. The summed E-state index contributed by atoms with van der Waals surface area (Å²) in [6.07, 6.45) is 1.76. The number of halogens is 2. The van der Waals surface area contributed by atoms with E-state index in [-0.39, 0.29) is 18.3 Å². The van der Waals surface area contributed by atoms with Gasteiger partial charge in [-0.15, -0.1) is 0 Å². The summed E-state index contributed by atoms with van der Waals surface area (Å²) in [4.78, 5) is 15.0. The highest BCUT2D eigenvalue weighted by atomic mass is 79.9. The molecule has 3 aromatic carbocycles. The smallest absolute Gasteiger partial charge is 0.270 e. The minimum Gasteiger partial charge on any atom is -0.493 e. The number of nitrogens with zero attached hydrogens (tertiary/aromatic N) is 1. The van der Waals surface area contributed by atoms with Gasteiger partial charge in [-0.2, -0.15) is 0 Å². The van der Waals surface area contributed by atoms with E-state index in [1.165, 1.54) is 29.8 Å². The molecule has 4 rings (SSSR count). The summed E-state index contributed by atoms with van der Waals surface area (Å²) in [5.74, 6) is 0.408. The molecule has 8 heteroatoms. The van der Waals surface area contributed by atoms with Crippen molar-refractivity contribution in [3.8, 4) is 11.5 Å². The molecule has 1 fully saturated rings. The van der Waals surface area contributed by atoms with Crippen molar-refractivity contribution in [1.29, 1.82) is 0 Å². The molecule has 0 spiro atoms. The van der Waals surface area contributed by atoms with Crippen LogP contribution < -0.4 is 14.4 Å². The minimum atomic E-state index is -0.331. The standard InChI is InChI=1S/C24H17BrFNO3S2/c1-29-20-11-16(18(25)13-21(20)30-14-15-7-5-6-10-19(15)26)12-22-23(28)27(24(31)32-22)17-8-3-2-4-9-17/h2-13H,14H2,1H3/b22-12+. The lowest BCUT2D eigenvalue weighted by molar-refractivity contribution is -0.113. The molecular weight excluding hydrogens is 513 g/mol. The van der Waals surface area contributed by atoms with Crippen molar-refractivity contribution < 1.29 is 18.7 Å². The Kier molecular flexibility index (Phi) is 6.93. The molecule has 1 saturated heterocycles. The number of methoxy groups -OCH3 is 1. The van der Waals surface area contributed by atoms with Gasteiger partial charge < -0.3 is 9.47 Å². The van der Waals surface area contributed by atoms with Crippen molar-refractivity contribution in [3.05, 3.63) is 93.1 Å². The summed E-state index contributed by atoms with van der Waals surface area (Å²) in [7, 11) is 1.53. The van der Waals surface area contributed by atoms with Gasteiger partial charge in [0.05, 0.1) is 17.7 Å². The van der Waals surface area contributed by atoms with Crippen LogP contribution in [0.5, 0.6) is 11.5 Å². The van der Waals surface area contributed by atoms with Crippen LogP contribution in [0.15, 0.2) is 76.1 Å². The number of rotatable bonds is 6. The molecule has 0 atom stereocenters. The van der Waals surface area contributed by atoms with Crippen LogP contribution in [0.3, 0.4) is 0 Å². The SMILES string of the molecule is COc1cc(/C=C2/SC(=S)N(c3ccccc3)C2=O)c(Br)cc1OCc1ccccc1F. The fraction of sp³-hybridized carbons (Fsp3) is 0.0833. The van der Waals surface area contributed by atoms with Crippen LogP contribution in [0.1, 0.15) is 11.1 Å². The van der Waals surface area contributed by atoms with E-state index in [0.717, 1.165) is 11.3 Å². The summed E-state index contributed by atoms with van der Waals surface area (Å²) < 4.78 is 26.3. The zero-order valence-electron chi connectivity index (χ0n) is 16.9. The van der Waals surface area contributed by atoms with Gasteiger partial charge in [0.1, 0.15) is 12.4 Å². The first-order valence-electron chi connectivity index (χ1n) is 9.54. The van der Waals surface area contributed by atoms with Gasteiger partial charge in [-0.05, 0) is 42.0 Å². The summed E-state index contributed by atoms with van der Waals surface area (Å²) in [5.41, 5.74) is 1.90. The van der Waals surface area contributed by atoms with Crippen LogP contribution in [-0.2, 0) is 11.4 Å². The second kappa shape index (κ2) is 9.85. The average Bonchev–Trinajstić information content (AvgIpc) is 3.08. The van der Waals surface area contributed by atoms with Gasteiger partial charge in [0.25, 0.3) is 5.91 Å². The third-order valence-electron chi connectivity index (χ3n) is 4.72. The molecule has 0 saturated carbocycles. The Morgan fingerprint density at radius 1 is 1.09 bits per heavy atom. The van der Waals surface area contributed by atoms with E-state index in [1.807, 2.05) is 30.3 Å². The van der Waals surface area contributed by atoms with Crippen LogP contribution in [0, 0.1) is 5.82 Å². The number of hydrogen-bond acceptors (Lipinski definition) is 5. The first-order chi connectivity index (χ1) is 15.5. The van der Waals surface area contributed by atoms with E-state index < -0.39 is 0 Å². The molecule has 32 heavy (non-hydrogen) atoms. The van der Waals surface area contributed by atoms with Gasteiger partial charge in [-0.1, -0.05) is 76.3 Å². The second-order valence-electron chi connectivity index (χ2n) is 6.76. The van der Waals surface area contributed by atoms with Gasteiger partial charge in [0.2, 0.25) is 0 Å². The van der Waals surface area contributed by atoms with Crippen molar-refractivity contribution in [1.82, 2.24) is 0 Å². The van der Waals surface area contributed by atoms with E-state index in [0.29, 0.717) is 30.8 Å². The first kappa shape index (κ1) is 22.5. The molecule has 1 heterocycles. The topological polar surface area (TPSA) is 38.8 Å². The minimum absolute atomic E-state index is 0.0601. The van der Waals surface area contributed by atoms with Gasteiger partial charge in [-0.25, -0.2) is 4.39 Å². The lowest BCUT2D eigenvalue weighted by atomic mass is 10.1. The lowest BCUT2D eigenvalue weighted by Gasteiger charge is -2.14. The molecule has 0 unspecified atom stereocenters. The number of thiocarbonyl (C=S) groups is 1. The maximum atomic E-state index is 13.9. The van der Waals surface area contributed by atoms with Gasteiger partial charge >= 0.3 is 0 Å². The van der Waals surface area contributed by atoms with Crippen LogP contribution in [0.25, 0.3) is 6.08 Å². The molecule has 0 N–H and O–H groups in total. The number of carbonyl (C=O) groups is 1. The Labute approximate surface area is 203 Å². The van der Waals surface area contributed by atoms with Gasteiger partial charge in [0, 0.05) is 10.0 Å². The highest BCUT2D eigenvalue weighted by molar-refractivity contribution is 9.10. The molecule has 4 nitrogen and oxygen atoms in total. The summed E-state index contributed by atoms with van der Waals surface area (Å²) in [6.45, 7) is 0.0601. The van der Waals surface area contributed by atoms with Crippen LogP contribution in [-0.4, -0.2) is 17.3 Å². The Balaban J connectivity index is 1.59. The van der Waals surface area contributed by atoms with E-state index >= 15 is 0 Å². The maximum absolute atomic E-state index is 13.9. The fourth-order valence-corrected chi connectivity index (χ4v) is 4.84. The Bertz CT molecular complexity index is 1220. The molecule has 1 aliphatic rings. The molecule has 0 radical (unpaired) electrons. The third-order valence-corrected chi connectivity index (χ3v) is 6.71. The molecule has 3 aromatic rings. The van der Waals surface area contributed by atoms with Crippen molar-refractivity contribution in [2.24, 2.45) is 0 Å². The molecule has 162 valence electrons. The van der Waals surface area contributed by atoms with E-state index in [1.54, 1.807) is 36.4 Å². The summed E-state index contributed by atoms with van der Waals surface area (Å²) in [5, 5.41) is 0. The molecule has 1 amide bonds. The highest BCUT2D eigenvalue weighted by Crippen LogP contribution is 2.39. The average molecular weight is 530 g/mol. The number of para-hydroxylation sites is 1. The fourth-order valence-electron chi connectivity index (χ4n) is 3.11. The summed E-state index contributed by atoms with van der Waals surface area (Å²) in [6, 6.07) is 19.2. The third kappa shape index (κ3) is 4.72. The molecule has 0 aliphatic carbocycles. The number of amides is 1. The monoisotopic (exact) mass is 529 g/mol. The van der Waals surface area contributed by atoms with Gasteiger partial charge in [0.15, 0.2) is 15.8 Å². The van der Waals surface area contributed by atoms with Crippen LogP contribution >= 0.6 is 39.9 Å². The molecule has 1 aliphatic heterocycles. The zero-order valence-corrected chi connectivity index (χ0v) is 20.1. The normalized spacial score (nSPS) is 14.8. The van der Waals surface area contributed by atoms with Crippen molar-refractivity contribution in [3.63, 3.8) is 0 Å². The number of carbonyl (C=O) groups excluding carboxylic acids is 1. The van der Waals surface area contributed by atoms with Gasteiger partial charge in [-0.3, -0.25) is 9.69 Å². The second-order valence-corrected chi connectivity index (χ2v) is 9.29. The van der Waals surface area contributed by atoms with E-state index in [2.05, 4.69) is 15.9 Å². The Morgan fingerprint density at radius 3 is 2.53 bits per heavy atom. The number of benzene rings is 3. The molecule has 0 aromatic heterocycles. The van der Waals surface area contributed by atoms with E-state index in [4.69, 9.17) is 21.7 Å². The predicted molar refractivity (Wildman–Crippen MR) is 134 cm³/mol. The Hall–Kier alpha value is -2.68. The van der Waals surface area contributed by atoms with Crippen molar-refractivity contribution >= 4 is 61.9 Å².